The van der Waals surface area contributed by atoms with Crippen molar-refractivity contribution in [2.75, 3.05) is 25.7 Å². The largest absolute Gasteiger partial charge is 0.491 e. The SMILES string of the molecule is CCCOc1cccc2c1nc(C(C)Cl)n2N(C)C. The Morgan fingerprint density at radius 1 is 1.42 bits per heavy atom. The number of halogens is 1. The Hall–Kier alpha value is -1.42. The van der Waals surface area contributed by atoms with Gasteiger partial charge in [0.2, 0.25) is 0 Å². The van der Waals surface area contributed by atoms with Gasteiger partial charge in [-0.1, -0.05) is 13.0 Å². The molecule has 104 valence electrons. The number of rotatable bonds is 5. The minimum absolute atomic E-state index is 0.158. The molecule has 1 aromatic carbocycles. The van der Waals surface area contributed by atoms with Crippen molar-refractivity contribution in [3.8, 4) is 5.75 Å². The first-order chi connectivity index (χ1) is 9.06. The molecule has 0 aliphatic rings. The maximum atomic E-state index is 6.23. The van der Waals surface area contributed by atoms with E-state index in [1.54, 1.807) is 0 Å². The zero-order valence-corrected chi connectivity index (χ0v) is 12.6. The second-order valence-corrected chi connectivity index (χ2v) is 5.37. The van der Waals surface area contributed by atoms with E-state index < -0.39 is 0 Å². The Morgan fingerprint density at radius 2 is 2.16 bits per heavy atom. The zero-order chi connectivity index (χ0) is 14.0. The van der Waals surface area contributed by atoms with E-state index >= 15 is 0 Å². The average Bonchev–Trinajstić information content (AvgIpc) is 2.76. The third kappa shape index (κ3) is 2.63. The molecule has 0 aliphatic carbocycles. The van der Waals surface area contributed by atoms with Gasteiger partial charge in [-0.3, -0.25) is 0 Å². The molecule has 0 N–H and O–H groups in total. The fourth-order valence-corrected chi connectivity index (χ4v) is 2.23. The second kappa shape index (κ2) is 5.70. The monoisotopic (exact) mass is 281 g/mol. The zero-order valence-electron chi connectivity index (χ0n) is 11.9. The van der Waals surface area contributed by atoms with Crippen LogP contribution >= 0.6 is 11.6 Å². The third-order valence-corrected chi connectivity index (χ3v) is 3.06. The average molecular weight is 282 g/mol. The summed E-state index contributed by atoms with van der Waals surface area (Å²) in [6.07, 6.45) is 0.976. The molecule has 1 heterocycles. The van der Waals surface area contributed by atoms with Crippen LogP contribution in [0.25, 0.3) is 11.0 Å². The van der Waals surface area contributed by atoms with E-state index in [0.29, 0.717) is 6.61 Å². The van der Waals surface area contributed by atoms with Crippen molar-refractivity contribution in [3.63, 3.8) is 0 Å². The number of hydrogen-bond acceptors (Lipinski definition) is 3. The summed E-state index contributed by atoms with van der Waals surface area (Å²) in [5, 5.41) is 1.82. The van der Waals surface area contributed by atoms with Crippen LogP contribution in [0.2, 0.25) is 0 Å². The Kier molecular flexibility index (Phi) is 4.20. The van der Waals surface area contributed by atoms with Gasteiger partial charge in [0.1, 0.15) is 17.1 Å². The molecule has 4 nitrogen and oxygen atoms in total. The van der Waals surface area contributed by atoms with Gasteiger partial charge in [0.15, 0.2) is 0 Å². The minimum Gasteiger partial charge on any atom is -0.491 e. The van der Waals surface area contributed by atoms with Crippen LogP contribution < -0.4 is 9.75 Å². The van der Waals surface area contributed by atoms with Gasteiger partial charge in [-0.25, -0.2) is 9.66 Å². The number of alkyl halides is 1. The molecule has 2 rings (SSSR count). The maximum Gasteiger partial charge on any atom is 0.147 e. The molecule has 2 aromatic rings. The minimum atomic E-state index is -0.158. The molecule has 1 unspecified atom stereocenters. The molecular formula is C14H20ClN3O. The summed E-state index contributed by atoms with van der Waals surface area (Å²) in [4.78, 5) is 4.65. The Balaban J connectivity index is 2.61. The van der Waals surface area contributed by atoms with Crippen LogP contribution in [0.4, 0.5) is 0 Å². The summed E-state index contributed by atoms with van der Waals surface area (Å²) in [6.45, 7) is 4.71. The quantitative estimate of drug-likeness (QED) is 0.788. The Bertz CT molecular complexity index is 563. The Morgan fingerprint density at radius 3 is 2.74 bits per heavy atom. The molecule has 1 aromatic heterocycles. The van der Waals surface area contributed by atoms with Crippen LogP contribution in [-0.4, -0.2) is 30.4 Å². The first-order valence-corrected chi connectivity index (χ1v) is 6.95. The highest BCUT2D eigenvalue weighted by molar-refractivity contribution is 6.20. The molecule has 0 aliphatic heterocycles. The van der Waals surface area contributed by atoms with Gasteiger partial charge in [-0.05, 0) is 25.5 Å². The highest BCUT2D eigenvalue weighted by Gasteiger charge is 2.18. The molecule has 5 heteroatoms. The first kappa shape index (κ1) is 14.0. The van der Waals surface area contributed by atoms with Gasteiger partial charge < -0.3 is 9.75 Å². The van der Waals surface area contributed by atoms with Crippen molar-refractivity contribution < 1.29 is 4.74 Å². The maximum absolute atomic E-state index is 6.23. The van der Waals surface area contributed by atoms with Crippen LogP contribution in [0, 0.1) is 0 Å². The van der Waals surface area contributed by atoms with Crippen molar-refractivity contribution >= 4 is 22.6 Å². The summed E-state index contributed by atoms with van der Waals surface area (Å²) in [7, 11) is 3.95. The lowest BCUT2D eigenvalue weighted by Gasteiger charge is -2.19. The topological polar surface area (TPSA) is 30.3 Å². The predicted octanol–water partition coefficient (Wildman–Crippen LogP) is 3.32. The van der Waals surface area contributed by atoms with Crippen molar-refractivity contribution in [1.29, 1.82) is 0 Å². The summed E-state index contributed by atoms with van der Waals surface area (Å²) < 4.78 is 7.78. The fourth-order valence-electron chi connectivity index (χ4n) is 2.09. The number of para-hydroxylation sites is 1. The standard InChI is InChI=1S/C14H20ClN3O/c1-5-9-19-12-8-6-7-11-13(12)16-14(10(2)15)18(11)17(3)4/h6-8,10H,5,9H2,1-4H3. The van der Waals surface area contributed by atoms with Gasteiger partial charge in [0.05, 0.1) is 17.5 Å². The third-order valence-electron chi connectivity index (χ3n) is 2.87. The van der Waals surface area contributed by atoms with Crippen LogP contribution in [0.3, 0.4) is 0 Å². The van der Waals surface area contributed by atoms with Gasteiger partial charge >= 0.3 is 0 Å². The fraction of sp³-hybridized carbons (Fsp3) is 0.500. The van der Waals surface area contributed by atoms with Gasteiger partial charge in [-0.2, -0.15) is 0 Å². The highest BCUT2D eigenvalue weighted by Crippen LogP contribution is 2.30. The van der Waals surface area contributed by atoms with Gasteiger partial charge in [-0.15, -0.1) is 11.6 Å². The lowest BCUT2D eigenvalue weighted by molar-refractivity contribution is 0.320. The van der Waals surface area contributed by atoms with Crippen LogP contribution in [-0.2, 0) is 0 Å². The number of fused-ring (bicyclic) bond motifs is 1. The smallest absolute Gasteiger partial charge is 0.147 e. The summed E-state index contributed by atoms with van der Waals surface area (Å²) >= 11 is 6.23. The molecule has 0 fully saturated rings. The summed E-state index contributed by atoms with van der Waals surface area (Å²) in [6, 6.07) is 5.97. The molecule has 0 bridgehead atoms. The molecule has 0 saturated heterocycles. The Labute approximate surface area is 118 Å². The summed E-state index contributed by atoms with van der Waals surface area (Å²) in [5.74, 6) is 1.65. The summed E-state index contributed by atoms with van der Waals surface area (Å²) in [5.41, 5.74) is 1.88. The van der Waals surface area contributed by atoms with Crippen LogP contribution in [0.5, 0.6) is 5.75 Å². The van der Waals surface area contributed by atoms with E-state index in [9.17, 15) is 0 Å². The van der Waals surface area contributed by atoms with E-state index in [1.165, 1.54) is 0 Å². The number of hydrogen-bond donors (Lipinski definition) is 0. The van der Waals surface area contributed by atoms with E-state index in [4.69, 9.17) is 16.3 Å². The molecule has 19 heavy (non-hydrogen) atoms. The van der Waals surface area contributed by atoms with Crippen molar-refractivity contribution in [1.82, 2.24) is 9.66 Å². The van der Waals surface area contributed by atoms with E-state index in [0.717, 1.165) is 29.0 Å². The van der Waals surface area contributed by atoms with Crippen molar-refractivity contribution in [2.45, 2.75) is 25.6 Å². The number of benzene rings is 1. The molecule has 0 amide bonds. The highest BCUT2D eigenvalue weighted by atomic mass is 35.5. The first-order valence-electron chi connectivity index (χ1n) is 6.52. The number of imidazole rings is 1. The number of aromatic nitrogens is 2. The van der Waals surface area contributed by atoms with Crippen LogP contribution in [0.1, 0.15) is 31.5 Å². The van der Waals surface area contributed by atoms with Crippen molar-refractivity contribution in [3.05, 3.63) is 24.0 Å². The molecular weight excluding hydrogens is 262 g/mol. The van der Waals surface area contributed by atoms with Crippen molar-refractivity contribution in [2.24, 2.45) is 0 Å². The second-order valence-electron chi connectivity index (χ2n) is 4.72. The van der Waals surface area contributed by atoms with Gasteiger partial charge in [0.25, 0.3) is 0 Å². The molecule has 0 radical (unpaired) electrons. The normalized spacial score (nSPS) is 12.7. The number of nitrogens with zero attached hydrogens (tertiary/aromatic N) is 3. The predicted molar refractivity (Wildman–Crippen MR) is 79.9 cm³/mol. The van der Waals surface area contributed by atoms with E-state index in [-0.39, 0.29) is 5.38 Å². The van der Waals surface area contributed by atoms with E-state index in [1.807, 2.05) is 48.9 Å². The van der Waals surface area contributed by atoms with Crippen LogP contribution in [0.15, 0.2) is 18.2 Å². The number of ether oxygens (including phenoxy) is 1. The van der Waals surface area contributed by atoms with E-state index in [2.05, 4.69) is 11.9 Å². The lowest BCUT2D eigenvalue weighted by Crippen LogP contribution is -2.26. The van der Waals surface area contributed by atoms with Gasteiger partial charge in [0, 0.05) is 14.1 Å². The lowest BCUT2D eigenvalue weighted by atomic mass is 10.3. The molecule has 0 spiro atoms. The molecule has 1 atom stereocenters. The molecule has 0 saturated carbocycles.